The van der Waals surface area contributed by atoms with E-state index in [1.165, 1.54) is 19.5 Å². The quantitative estimate of drug-likeness (QED) is 0.524. The van der Waals surface area contributed by atoms with Crippen LogP contribution < -0.4 is 4.74 Å². The van der Waals surface area contributed by atoms with Crippen molar-refractivity contribution in [3.8, 4) is 5.88 Å². The van der Waals surface area contributed by atoms with Gasteiger partial charge in [-0.2, -0.15) is 0 Å². The van der Waals surface area contributed by atoms with Crippen LogP contribution >= 0.6 is 0 Å². The molecule has 14 heavy (non-hydrogen) atoms. The smallest absolute Gasteiger partial charge is 0.358 e. The largest absolute Gasteiger partial charge is 0.472 e. The van der Waals surface area contributed by atoms with E-state index in [0.29, 0.717) is 12.5 Å². The first-order valence-electron chi connectivity index (χ1n) is 3.92. The van der Waals surface area contributed by atoms with Crippen molar-refractivity contribution in [3.63, 3.8) is 0 Å². The average molecular weight is 194 g/mol. The molecule has 5 heteroatoms. The van der Waals surface area contributed by atoms with Crippen LogP contribution in [0.3, 0.4) is 0 Å². The van der Waals surface area contributed by atoms with Crippen LogP contribution in [-0.4, -0.2) is 29.7 Å². The van der Waals surface area contributed by atoms with E-state index in [0.717, 1.165) is 0 Å². The second-order valence-corrected chi connectivity index (χ2v) is 2.33. The molecular formula is C9H10N2O3. The lowest BCUT2D eigenvalue weighted by molar-refractivity contribution is 0.0593. The number of hydrogen-bond donors (Lipinski definition) is 0. The molecule has 0 unspecified atom stereocenters. The van der Waals surface area contributed by atoms with E-state index in [2.05, 4.69) is 21.3 Å². The first-order chi connectivity index (χ1) is 6.77. The molecule has 0 bridgehead atoms. The predicted molar refractivity (Wildman–Crippen MR) is 49.1 cm³/mol. The molecule has 0 spiro atoms. The molecule has 0 aliphatic rings. The second kappa shape index (κ2) is 4.96. The van der Waals surface area contributed by atoms with Gasteiger partial charge in [0.05, 0.1) is 19.5 Å². The zero-order valence-corrected chi connectivity index (χ0v) is 7.77. The Morgan fingerprint density at radius 1 is 1.57 bits per heavy atom. The van der Waals surface area contributed by atoms with Gasteiger partial charge in [0.25, 0.3) is 0 Å². The van der Waals surface area contributed by atoms with Crippen LogP contribution in [0, 0.1) is 0 Å². The van der Waals surface area contributed by atoms with Crippen molar-refractivity contribution < 1.29 is 14.3 Å². The SMILES string of the molecule is C=CCOc1cnc(C(=O)OC)cn1. The lowest BCUT2D eigenvalue weighted by Crippen LogP contribution is -2.05. The van der Waals surface area contributed by atoms with E-state index in [4.69, 9.17) is 4.74 Å². The third-order valence-corrected chi connectivity index (χ3v) is 1.37. The van der Waals surface area contributed by atoms with Gasteiger partial charge in [-0.3, -0.25) is 0 Å². The van der Waals surface area contributed by atoms with Gasteiger partial charge in [-0.25, -0.2) is 14.8 Å². The molecule has 1 aromatic rings. The van der Waals surface area contributed by atoms with Gasteiger partial charge >= 0.3 is 5.97 Å². The van der Waals surface area contributed by atoms with Crippen molar-refractivity contribution in [3.05, 3.63) is 30.7 Å². The van der Waals surface area contributed by atoms with Crippen LogP contribution in [0.2, 0.25) is 0 Å². The van der Waals surface area contributed by atoms with Crippen LogP contribution in [0.25, 0.3) is 0 Å². The molecular weight excluding hydrogens is 184 g/mol. The number of nitrogens with zero attached hydrogens (tertiary/aromatic N) is 2. The molecule has 0 saturated carbocycles. The number of methoxy groups -OCH3 is 1. The standard InChI is InChI=1S/C9H10N2O3/c1-3-4-14-8-6-10-7(5-11-8)9(12)13-2/h3,5-6H,1,4H2,2H3. The van der Waals surface area contributed by atoms with E-state index >= 15 is 0 Å². The van der Waals surface area contributed by atoms with E-state index in [9.17, 15) is 4.79 Å². The van der Waals surface area contributed by atoms with E-state index in [-0.39, 0.29) is 5.69 Å². The highest BCUT2D eigenvalue weighted by atomic mass is 16.5. The topological polar surface area (TPSA) is 61.3 Å². The van der Waals surface area contributed by atoms with Crippen molar-refractivity contribution >= 4 is 5.97 Å². The van der Waals surface area contributed by atoms with Gasteiger partial charge in [0.1, 0.15) is 6.61 Å². The molecule has 0 N–H and O–H groups in total. The Labute approximate surface area is 81.4 Å². The molecule has 0 fully saturated rings. The third-order valence-electron chi connectivity index (χ3n) is 1.37. The number of aromatic nitrogens is 2. The first-order valence-corrected chi connectivity index (χ1v) is 3.92. The van der Waals surface area contributed by atoms with Gasteiger partial charge in [0.15, 0.2) is 5.69 Å². The number of ether oxygens (including phenoxy) is 2. The van der Waals surface area contributed by atoms with Gasteiger partial charge in [-0.05, 0) is 0 Å². The Balaban J connectivity index is 2.68. The summed E-state index contributed by atoms with van der Waals surface area (Å²) in [6, 6.07) is 0. The number of rotatable bonds is 4. The third kappa shape index (κ3) is 2.55. The van der Waals surface area contributed by atoms with Crippen molar-refractivity contribution in [1.82, 2.24) is 9.97 Å². The molecule has 0 aromatic carbocycles. The highest BCUT2D eigenvalue weighted by Crippen LogP contribution is 2.04. The van der Waals surface area contributed by atoms with E-state index < -0.39 is 5.97 Å². The fourth-order valence-electron chi connectivity index (χ4n) is 0.745. The average Bonchev–Trinajstić information content (AvgIpc) is 2.26. The number of carbonyl (C=O) groups excluding carboxylic acids is 1. The zero-order valence-electron chi connectivity index (χ0n) is 7.77. The fraction of sp³-hybridized carbons (Fsp3) is 0.222. The molecule has 0 atom stereocenters. The van der Waals surface area contributed by atoms with E-state index in [1.807, 2.05) is 0 Å². The molecule has 5 nitrogen and oxygen atoms in total. The molecule has 1 heterocycles. The van der Waals surface area contributed by atoms with Crippen LogP contribution in [0.5, 0.6) is 5.88 Å². The summed E-state index contributed by atoms with van der Waals surface area (Å²) in [6.07, 6.45) is 4.25. The monoisotopic (exact) mass is 194 g/mol. The molecule has 0 radical (unpaired) electrons. The molecule has 0 saturated heterocycles. The Kier molecular flexibility index (Phi) is 3.60. The predicted octanol–water partition coefficient (Wildman–Crippen LogP) is 0.828. The highest BCUT2D eigenvalue weighted by molar-refractivity contribution is 5.86. The summed E-state index contributed by atoms with van der Waals surface area (Å²) in [7, 11) is 1.28. The summed E-state index contributed by atoms with van der Waals surface area (Å²) in [4.78, 5) is 18.6. The minimum Gasteiger partial charge on any atom is -0.472 e. The van der Waals surface area contributed by atoms with Crippen LogP contribution in [0.15, 0.2) is 25.0 Å². The minimum atomic E-state index is -0.521. The van der Waals surface area contributed by atoms with Crippen LogP contribution in [-0.2, 0) is 4.74 Å². The number of esters is 1. The number of hydrogen-bond acceptors (Lipinski definition) is 5. The summed E-state index contributed by atoms with van der Waals surface area (Å²) in [5.74, 6) is -0.176. The molecule has 0 aliphatic heterocycles. The summed E-state index contributed by atoms with van der Waals surface area (Å²) in [5.41, 5.74) is 0.151. The Bertz CT molecular complexity index is 321. The van der Waals surface area contributed by atoms with Crippen LogP contribution in [0.4, 0.5) is 0 Å². The van der Waals surface area contributed by atoms with Gasteiger partial charge in [-0.1, -0.05) is 12.7 Å². The van der Waals surface area contributed by atoms with E-state index in [1.54, 1.807) is 6.08 Å². The van der Waals surface area contributed by atoms with Gasteiger partial charge in [0, 0.05) is 0 Å². The fourth-order valence-corrected chi connectivity index (χ4v) is 0.745. The molecule has 1 aromatic heterocycles. The summed E-state index contributed by atoms with van der Waals surface area (Å²) < 4.78 is 9.54. The normalized spacial score (nSPS) is 9.21. The van der Waals surface area contributed by atoms with Crippen molar-refractivity contribution in [2.24, 2.45) is 0 Å². The zero-order chi connectivity index (χ0) is 10.4. The van der Waals surface area contributed by atoms with Crippen molar-refractivity contribution in [2.45, 2.75) is 0 Å². The Morgan fingerprint density at radius 2 is 2.36 bits per heavy atom. The molecule has 0 aliphatic carbocycles. The maximum Gasteiger partial charge on any atom is 0.358 e. The maximum absolute atomic E-state index is 11.0. The Hall–Kier alpha value is -1.91. The second-order valence-electron chi connectivity index (χ2n) is 2.33. The number of carbonyl (C=O) groups is 1. The molecule has 74 valence electrons. The lowest BCUT2D eigenvalue weighted by atomic mass is 10.4. The van der Waals surface area contributed by atoms with Gasteiger partial charge in [-0.15, -0.1) is 0 Å². The molecule has 1 rings (SSSR count). The minimum absolute atomic E-state index is 0.151. The van der Waals surface area contributed by atoms with Crippen molar-refractivity contribution in [1.29, 1.82) is 0 Å². The first kappa shape index (κ1) is 10.2. The molecule has 0 amide bonds. The Morgan fingerprint density at radius 3 is 2.86 bits per heavy atom. The van der Waals surface area contributed by atoms with Gasteiger partial charge < -0.3 is 9.47 Å². The maximum atomic E-state index is 11.0. The van der Waals surface area contributed by atoms with Gasteiger partial charge in [0.2, 0.25) is 5.88 Å². The van der Waals surface area contributed by atoms with Crippen LogP contribution in [0.1, 0.15) is 10.5 Å². The summed E-state index contributed by atoms with van der Waals surface area (Å²) in [6.45, 7) is 3.84. The lowest BCUT2D eigenvalue weighted by Gasteiger charge is -2.01. The summed E-state index contributed by atoms with van der Waals surface area (Å²) >= 11 is 0. The van der Waals surface area contributed by atoms with Crippen molar-refractivity contribution in [2.75, 3.05) is 13.7 Å². The highest BCUT2D eigenvalue weighted by Gasteiger charge is 2.07. The summed E-state index contributed by atoms with van der Waals surface area (Å²) in [5, 5.41) is 0.